The number of hydrogen-bond donors (Lipinski definition) is 3. The molecule has 0 bridgehead atoms. The molecule has 6 nitrogen and oxygen atoms in total. The molecule has 142 valence electrons. The van der Waals surface area contributed by atoms with E-state index < -0.39 is 0 Å². The zero-order chi connectivity index (χ0) is 19.8. The molecule has 1 atom stereocenters. The number of carbonyl (C=O) groups is 2. The number of benzene rings is 2. The van der Waals surface area contributed by atoms with Crippen LogP contribution in [0.4, 0.5) is 5.69 Å². The maximum absolute atomic E-state index is 12.2. The summed E-state index contributed by atoms with van der Waals surface area (Å²) in [6.45, 7) is 3.97. The van der Waals surface area contributed by atoms with Gasteiger partial charge >= 0.3 is 0 Å². The molecule has 27 heavy (non-hydrogen) atoms. The van der Waals surface area contributed by atoms with Crippen molar-refractivity contribution in [1.82, 2.24) is 10.6 Å². The monoisotopic (exact) mass is 385 g/mol. The van der Waals surface area contributed by atoms with E-state index in [0.717, 1.165) is 6.42 Å². The molecule has 0 fully saturated rings. The van der Waals surface area contributed by atoms with Gasteiger partial charge in [0.25, 0.3) is 11.8 Å². The van der Waals surface area contributed by atoms with Crippen molar-refractivity contribution >= 4 is 34.8 Å². The molecule has 0 saturated heterocycles. The van der Waals surface area contributed by atoms with E-state index in [0.29, 0.717) is 22.6 Å². The number of amides is 2. The second-order valence-corrected chi connectivity index (χ2v) is 6.41. The van der Waals surface area contributed by atoms with Crippen LogP contribution in [0.5, 0.6) is 5.75 Å². The Hall–Kier alpha value is -2.93. The average Bonchev–Trinajstić information content (AvgIpc) is 2.68. The standard InChI is InChI=1S/C20H23N3O3S/c1-4-13(2)21-18(24)14-5-9-16(10-6-14)22-20(27)23-19(25)15-7-11-17(26-3)12-8-15/h5-13H,4H2,1-3H3,(H,21,24)(H2,22,23,25,27). The number of thiocarbonyl (C=S) groups is 1. The molecule has 0 aromatic heterocycles. The zero-order valence-corrected chi connectivity index (χ0v) is 16.4. The molecule has 1 unspecified atom stereocenters. The summed E-state index contributed by atoms with van der Waals surface area (Å²) < 4.78 is 5.06. The van der Waals surface area contributed by atoms with E-state index in [4.69, 9.17) is 17.0 Å². The Kier molecular flexibility index (Phi) is 7.31. The van der Waals surface area contributed by atoms with Crippen molar-refractivity contribution in [2.24, 2.45) is 0 Å². The highest BCUT2D eigenvalue weighted by Crippen LogP contribution is 2.12. The summed E-state index contributed by atoms with van der Waals surface area (Å²) in [5, 5.41) is 8.62. The number of ether oxygens (including phenoxy) is 1. The molecule has 2 aromatic carbocycles. The van der Waals surface area contributed by atoms with Crippen LogP contribution in [0.25, 0.3) is 0 Å². The first kappa shape index (κ1) is 20.4. The molecular weight excluding hydrogens is 362 g/mol. The van der Waals surface area contributed by atoms with Gasteiger partial charge in [-0.15, -0.1) is 0 Å². The zero-order valence-electron chi connectivity index (χ0n) is 15.5. The first-order valence-electron chi connectivity index (χ1n) is 8.60. The minimum atomic E-state index is -0.320. The number of rotatable bonds is 6. The second-order valence-electron chi connectivity index (χ2n) is 6.00. The lowest BCUT2D eigenvalue weighted by Crippen LogP contribution is -2.34. The van der Waals surface area contributed by atoms with Crippen LogP contribution in [0.1, 0.15) is 41.0 Å². The van der Waals surface area contributed by atoms with E-state index in [1.165, 1.54) is 0 Å². The van der Waals surface area contributed by atoms with Crippen LogP contribution in [0.3, 0.4) is 0 Å². The summed E-state index contributed by atoms with van der Waals surface area (Å²) >= 11 is 5.17. The van der Waals surface area contributed by atoms with Crippen LogP contribution in [-0.2, 0) is 0 Å². The molecule has 2 rings (SSSR count). The summed E-state index contributed by atoms with van der Waals surface area (Å²) in [5.41, 5.74) is 1.71. The van der Waals surface area contributed by atoms with E-state index in [-0.39, 0.29) is 23.0 Å². The molecule has 0 heterocycles. The highest BCUT2D eigenvalue weighted by Gasteiger charge is 2.10. The van der Waals surface area contributed by atoms with E-state index >= 15 is 0 Å². The summed E-state index contributed by atoms with van der Waals surface area (Å²) in [6, 6.07) is 13.7. The Labute approximate surface area is 164 Å². The smallest absolute Gasteiger partial charge is 0.257 e. The quantitative estimate of drug-likeness (QED) is 0.665. The molecule has 0 aliphatic carbocycles. The minimum absolute atomic E-state index is 0.119. The highest BCUT2D eigenvalue weighted by molar-refractivity contribution is 7.80. The Morgan fingerprint density at radius 3 is 2.11 bits per heavy atom. The molecule has 7 heteroatoms. The first-order chi connectivity index (χ1) is 12.9. The number of hydrogen-bond acceptors (Lipinski definition) is 4. The maximum atomic E-state index is 12.2. The summed E-state index contributed by atoms with van der Waals surface area (Å²) in [7, 11) is 1.56. The third kappa shape index (κ3) is 6.07. The second kappa shape index (κ2) is 9.68. The summed E-state index contributed by atoms with van der Waals surface area (Å²) in [5.74, 6) is 0.232. The largest absolute Gasteiger partial charge is 0.497 e. The van der Waals surface area contributed by atoms with E-state index in [1.54, 1.807) is 55.6 Å². The number of nitrogens with one attached hydrogen (secondary N) is 3. The minimum Gasteiger partial charge on any atom is -0.497 e. The van der Waals surface area contributed by atoms with Crippen molar-refractivity contribution in [3.63, 3.8) is 0 Å². The fourth-order valence-corrected chi connectivity index (χ4v) is 2.40. The predicted molar refractivity (Wildman–Crippen MR) is 110 cm³/mol. The van der Waals surface area contributed by atoms with Gasteiger partial charge in [0, 0.05) is 22.9 Å². The molecule has 0 aliphatic rings. The Morgan fingerprint density at radius 2 is 1.56 bits per heavy atom. The fourth-order valence-electron chi connectivity index (χ4n) is 2.19. The van der Waals surface area contributed by atoms with Gasteiger partial charge in [0.15, 0.2) is 5.11 Å². The lowest BCUT2D eigenvalue weighted by molar-refractivity contribution is 0.0937. The Balaban J connectivity index is 1.91. The lowest BCUT2D eigenvalue weighted by atomic mass is 10.1. The first-order valence-corrected chi connectivity index (χ1v) is 9.01. The van der Waals surface area contributed by atoms with Gasteiger partial charge < -0.3 is 15.4 Å². The molecule has 0 aliphatic heterocycles. The van der Waals surface area contributed by atoms with E-state index in [1.807, 2.05) is 13.8 Å². The van der Waals surface area contributed by atoms with Crippen LogP contribution in [0, 0.1) is 0 Å². The number of carbonyl (C=O) groups excluding carboxylic acids is 2. The highest BCUT2D eigenvalue weighted by atomic mass is 32.1. The molecular formula is C20H23N3O3S. The van der Waals surface area contributed by atoms with Crippen LogP contribution in [0.15, 0.2) is 48.5 Å². The normalized spacial score (nSPS) is 11.2. The molecule has 0 saturated carbocycles. The topological polar surface area (TPSA) is 79.5 Å². The Bertz CT molecular complexity index is 804. The lowest BCUT2D eigenvalue weighted by Gasteiger charge is -2.12. The van der Waals surface area contributed by atoms with E-state index in [9.17, 15) is 9.59 Å². The van der Waals surface area contributed by atoms with Crippen molar-refractivity contribution in [3.05, 3.63) is 59.7 Å². The maximum Gasteiger partial charge on any atom is 0.257 e. The van der Waals surface area contributed by atoms with E-state index in [2.05, 4.69) is 16.0 Å². The van der Waals surface area contributed by atoms with Crippen LogP contribution < -0.4 is 20.7 Å². The van der Waals surface area contributed by atoms with Crippen molar-refractivity contribution in [3.8, 4) is 5.75 Å². The third-order valence-corrected chi connectivity index (χ3v) is 4.18. The molecule has 0 spiro atoms. The van der Waals surface area contributed by atoms with Crippen LogP contribution in [0.2, 0.25) is 0 Å². The SMILES string of the molecule is CCC(C)NC(=O)c1ccc(NC(=S)NC(=O)c2ccc(OC)cc2)cc1. The van der Waals surface area contributed by atoms with Crippen LogP contribution >= 0.6 is 12.2 Å². The fraction of sp³-hybridized carbons (Fsp3) is 0.250. The molecule has 2 aromatic rings. The predicted octanol–water partition coefficient (Wildman–Crippen LogP) is 3.35. The van der Waals surface area contributed by atoms with Gasteiger partial charge in [0.05, 0.1) is 7.11 Å². The molecule has 2 amide bonds. The average molecular weight is 385 g/mol. The summed E-state index contributed by atoms with van der Waals surface area (Å²) in [6.07, 6.45) is 0.869. The van der Waals surface area contributed by atoms with Crippen molar-refractivity contribution in [1.29, 1.82) is 0 Å². The third-order valence-electron chi connectivity index (χ3n) is 3.97. The Morgan fingerprint density at radius 1 is 1.00 bits per heavy atom. The number of anilines is 1. The van der Waals surface area contributed by atoms with Gasteiger partial charge in [0.2, 0.25) is 0 Å². The van der Waals surface area contributed by atoms with Crippen molar-refractivity contribution in [2.75, 3.05) is 12.4 Å². The van der Waals surface area contributed by atoms with Gasteiger partial charge in [-0.1, -0.05) is 6.92 Å². The number of methoxy groups -OCH3 is 1. The van der Waals surface area contributed by atoms with Gasteiger partial charge in [-0.05, 0) is 74.1 Å². The molecule has 3 N–H and O–H groups in total. The van der Waals surface area contributed by atoms with Gasteiger partial charge in [0.1, 0.15) is 5.75 Å². The van der Waals surface area contributed by atoms with Crippen molar-refractivity contribution in [2.45, 2.75) is 26.3 Å². The molecule has 0 radical (unpaired) electrons. The van der Waals surface area contributed by atoms with Gasteiger partial charge in [-0.25, -0.2) is 0 Å². The van der Waals surface area contributed by atoms with Crippen molar-refractivity contribution < 1.29 is 14.3 Å². The van der Waals surface area contributed by atoms with Gasteiger partial charge in [-0.2, -0.15) is 0 Å². The van der Waals surface area contributed by atoms with Crippen LogP contribution in [-0.4, -0.2) is 30.1 Å². The van der Waals surface area contributed by atoms with Gasteiger partial charge in [-0.3, -0.25) is 14.9 Å². The summed E-state index contributed by atoms with van der Waals surface area (Å²) in [4.78, 5) is 24.3.